The Morgan fingerprint density at radius 2 is 1.96 bits per heavy atom. The third-order valence-corrected chi connectivity index (χ3v) is 3.31. The molecule has 2 aromatic rings. The fourth-order valence-corrected chi connectivity index (χ4v) is 2.05. The van der Waals surface area contributed by atoms with E-state index >= 15 is 0 Å². The molecule has 2 aromatic carbocycles. The van der Waals surface area contributed by atoms with E-state index in [4.69, 9.17) is 0 Å². The largest absolute Gasteiger partial charge is 0.387 e. The zero-order valence-corrected chi connectivity index (χ0v) is 12.5. The molecule has 0 aliphatic heterocycles. The highest BCUT2D eigenvalue weighted by atomic mass is 16.6. The number of non-ortho nitro benzene ring substituents is 1. The first-order valence-electron chi connectivity index (χ1n) is 7.00. The Hall–Kier alpha value is -2.93. The summed E-state index contributed by atoms with van der Waals surface area (Å²) in [6.07, 6.45) is -0.806. The number of hydrogen-bond acceptors (Lipinski definition) is 4. The molecule has 23 heavy (non-hydrogen) atoms. The molecular formula is C16H17N3O4. The number of anilines is 1. The van der Waals surface area contributed by atoms with Crippen LogP contribution in [0.1, 0.15) is 17.2 Å². The van der Waals surface area contributed by atoms with Crippen molar-refractivity contribution >= 4 is 17.4 Å². The number of nitrogens with zero attached hydrogens (tertiary/aromatic N) is 1. The summed E-state index contributed by atoms with van der Waals surface area (Å²) in [4.78, 5) is 22.0. The number of aliphatic hydroxyl groups is 1. The first-order valence-corrected chi connectivity index (χ1v) is 7.00. The maximum absolute atomic E-state index is 11.9. The van der Waals surface area contributed by atoms with Gasteiger partial charge in [-0.1, -0.05) is 30.3 Å². The van der Waals surface area contributed by atoms with E-state index in [0.29, 0.717) is 16.8 Å². The van der Waals surface area contributed by atoms with E-state index in [-0.39, 0.29) is 12.2 Å². The number of hydrogen-bond donors (Lipinski definition) is 3. The normalized spacial score (nSPS) is 11.6. The molecular weight excluding hydrogens is 298 g/mol. The van der Waals surface area contributed by atoms with E-state index < -0.39 is 17.1 Å². The van der Waals surface area contributed by atoms with Crippen molar-refractivity contribution in [3.8, 4) is 0 Å². The molecule has 0 aliphatic carbocycles. The standard InChI is InChI=1S/C16H17N3O4/c1-11-9-13(19(22)23)7-8-14(11)18-16(21)17-10-15(20)12-5-3-2-4-6-12/h2-9,15,20H,10H2,1H3,(H2,17,18,21)/t15-/m0/s1. The van der Waals surface area contributed by atoms with Gasteiger partial charge in [0.2, 0.25) is 0 Å². The van der Waals surface area contributed by atoms with E-state index in [9.17, 15) is 20.0 Å². The van der Waals surface area contributed by atoms with Gasteiger partial charge in [-0.3, -0.25) is 10.1 Å². The molecule has 0 bridgehead atoms. The topological polar surface area (TPSA) is 105 Å². The number of carbonyl (C=O) groups is 1. The Labute approximate surface area is 133 Å². The second kappa shape index (κ2) is 7.37. The third kappa shape index (κ3) is 4.52. The summed E-state index contributed by atoms with van der Waals surface area (Å²) >= 11 is 0. The van der Waals surface area contributed by atoms with Gasteiger partial charge in [-0.25, -0.2) is 4.79 Å². The van der Waals surface area contributed by atoms with Crippen LogP contribution >= 0.6 is 0 Å². The van der Waals surface area contributed by atoms with Crippen molar-refractivity contribution in [3.05, 3.63) is 69.8 Å². The van der Waals surface area contributed by atoms with Gasteiger partial charge in [-0.2, -0.15) is 0 Å². The van der Waals surface area contributed by atoms with Crippen LogP contribution in [0.5, 0.6) is 0 Å². The number of benzene rings is 2. The predicted molar refractivity (Wildman–Crippen MR) is 86.3 cm³/mol. The molecule has 1 atom stereocenters. The molecule has 7 nitrogen and oxygen atoms in total. The van der Waals surface area contributed by atoms with Gasteiger partial charge in [-0.05, 0) is 24.1 Å². The number of nitro groups is 1. The van der Waals surface area contributed by atoms with E-state index in [2.05, 4.69) is 10.6 Å². The average Bonchev–Trinajstić information content (AvgIpc) is 2.55. The molecule has 3 N–H and O–H groups in total. The fraction of sp³-hybridized carbons (Fsp3) is 0.188. The second-order valence-electron chi connectivity index (χ2n) is 5.02. The molecule has 0 unspecified atom stereocenters. The Bertz CT molecular complexity index is 704. The number of rotatable bonds is 5. The van der Waals surface area contributed by atoms with Crippen LogP contribution in [0.3, 0.4) is 0 Å². The lowest BCUT2D eigenvalue weighted by Crippen LogP contribution is -2.32. The smallest absolute Gasteiger partial charge is 0.319 e. The van der Waals surface area contributed by atoms with Gasteiger partial charge in [-0.15, -0.1) is 0 Å². The van der Waals surface area contributed by atoms with Crippen molar-refractivity contribution in [2.75, 3.05) is 11.9 Å². The van der Waals surface area contributed by atoms with Crippen molar-refractivity contribution in [1.82, 2.24) is 5.32 Å². The molecule has 0 saturated carbocycles. The van der Waals surface area contributed by atoms with Gasteiger partial charge in [0, 0.05) is 24.4 Å². The van der Waals surface area contributed by atoms with Gasteiger partial charge >= 0.3 is 6.03 Å². The van der Waals surface area contributed by atoms with E-state index in [0.717, 1.165) is 0 Å². The molecule has 120 valence electrons. The van der Waals surface area contributed by atoms with E-state index in [1.54, 1.807) is 31.2 Å². The van der Waals surface area contributed by atoms with Crippen molar-refractivity contribution in [3.63, 3.8) is 0 Å². The number of aryl methyl sites for hydroxylation is 1. The van der Waals surface area contributed by atoms with Crippen molar-refractivity contribution in [2.24, 2.45) is 0 Å². The highest BCUT2D eigenvalue weighted by Crippen LogP contribution is 2.21. The van der Waals surface area contributed by atoms with E-state index in [1.165, 1.54) is 18.2 Å². The van der Waals surface area contributed by atoms with Crippen molar-refractivity contribution in [1.29, 1.82) is 0 Å². The molecule has 0 saturated heterocycles. The summed E-state index contributed by atoms with van der Waals surface area (Å²) < 4.78 is 0. The summed E-state index contributed by atoms with van der Waals surface area (Å²) in [6.45, 7) is 1.73. The minimum Gasteiger partial charge on any atom is -0.387 e. The highest BCUT2D eigenvalue weighted by Gasteiger charge is 2.12. The van der Waals surface area contributed by atoms with Crippen LogP contribution in [0.25, 0.3) is 0 Å². The van der Waals surface area contributed by atoms with Gasteiger partial charge in [0.1, 0.15) is 0 Å². The lowest BCUT2D eigenvalue weighted by molar-refractivity contribution is -0.384. The summed E-state index contributed by atoms with van der Waals surface area (Å²) in [7, 11) is 0. The maximum Gasteiger partial charge on any atom is 0.319 e. The molecule has 0 radical (unpaired) electrons. The second-order valence-corrected chi connectivity index (χ2v) is 5.02. The Morgan fingerprint density at radius 3 is 2.57 bits per heavy atom. The molecule has 0 spiro atoms. The Balaban J connectivity index is 1.91. The minimum absolute atomic E-state index is 0.0343. The number of nitrogens with one attached hydrogen (secondary N) is 2. The first kappa shape index (κ1) is 16.4. The zero-order chi connectivity index (χ0) is 16.8. The number of amides is 2. The molecule has 0 aliphatic rings. The average molecular weight is 315 g/mol. The Morgan fingerprint density at radius 1 is 1.26 bits per heavy atom. The molecule has 2 amide bonds. The molecule has 0 heterocycles. The predicted octanol–water partition coefficient (Wildman–Crippen LogP) is 2.76. The van der Waals surface area contributed by atoms with E-state index in [1.807, 2.05) is 6.07 Å². The summed E-state index contributed by atoms with van der Waals surface area (Å²) in [5.74, 6) is 0. The number of carbonyl (C=O) groups excluding carboxylic acids is 1. The summed E-state index contributed by atoms with van der Waals surface area (Å²) in [5, 5.41) is 25.8. The molecule has 2 rings (SSSR count). The quantitative estimate of drug-likeness (QED) is 0.583. The molecule has 0 aromatic heterocycles. The van der Waals surface area contributed by atoms with Crippen LogP contribution in [0, 0.1) is 17.0 Å². The molecule has 7 heteroatoms. The van der Waals surface area contributed by atoms with Crippen LogP contribution in [0.4, 0.5) is 16.2 Å². The van der Waals surface area contributed by atoms with Gasteiger partial charge < -0.3 is 15.7 Å². The number of aliphatic hydroxyl groups excluding tert-OH is 1. The van der Waals surface area contributed by atoms with Gasteiger partial charge in [0.05, 0.1) is 11.0 Å². The van der Waals surface area contributed by atoms with Gasteiger partial charge in [0.25, 0.3) is 5.69 Å². The monoisotopic (exact) mass is 315 g/mol. The van der Waals surface area contributed by atoms with Crippen molar-refractivity contribution < 1.29 is 14.8 Å². The summed E-state index contributed by atoms with van der Waals surface area (Å²) in [5.41, 5.74) is 1.73. The lowest BCUT2D eigenvalue weighted by atomic mass is 10.1. The third-order valence-electron chi connectivity index (χ3n) is 3.31. The van der Waals surface area contributed by atoms with Crippen LogP contribution in [-0.2, 0) is 0 Å². The SMILES string of the molecule is Cc1cc([N+](=O)[O-])ccc1NC(=O)NC[C@H](O)c1ccccc1. The zero-order valence-electron chi connectivity index (χ0n) is 12.5. The Kier molecular flexibility index (Phi) is 5.27. The maximum atomic E-state index is 11.9. The van der Waals surface area contributed by atoms with Crippen molar-refractivity contribution in [2.45, 2.75) is 13.0 Å². The highest BCUT2D eigenvalue weighted by molar-refractivity contribution is 5.90. The van der Waals surface area contributed by atoms with Crippen LogP contribution < -0.4 is 10.6 Å². The first-order chi connectivity index (χ1) is 11.0. The molecule has 0 fully saturated rings. The number of nitro benzene ring substituents is 1. The lowest BCUT2D eigenvalue weighted by Gasteiger charge is -2.13. The fourth-order valence-electron chi connectivity index (χ4n) is 2.05. The summed E-state index contributed by atoms with van der Waals surface area (Å²) in [6, 6.07) is 12.7. The minimum atomic E-state index is -0.806. The van der Waals surface area contributed by atoms with Crippen LogP contribution in [0.15, 0.2) is 48.5 Å². The van der Waals surface area contributed by atoms with Crippen LogP contribution in [0.2, 0.25) is 0 Å². The van der Waals surface area contributed by atoms with Gasteiger partial charge in [0.15, 0.2) is 0 Å². The number of urea groups is 1. The van der Waals surface area contributed by atoms with Crippen LogP contribution in [-0.4, -0.2) is 22.6 Å².